The average molecular weight is 516 g/mol. The third-order valence-electron chi connectivity index (χ3n) is 5.04. The summed E-state index contributed by atoms with van der Waals surface area (Å²) in [6.07, 6.45) is 0. The Morgan fingerprint density at radius 1 is 0.706 bits per heavy atom. The molecule has 3 N–H and O–H groups in total. The highest BCUT2D eigenvalue weighted by atomic mass is 79.9. The zero-order valence-electron chi connectivity index (χ0n) is 18.3. The van der Waals surface area contributed by atoms with Crippen molar-refractivity contribution in [2.45, 2.75) is 0 Å². The van der Waals surface area contributed by atoms with Crippen LogP contribution in [0.25, 0.3) is 0 Å². The summed E-state index contributed by atoms with van der Waals surface area (Å²) in [6, 6.07) is 29.1. The summed E-state index contributed by atoms with van der Waals surface area (Å²) in [7, 11) is 1.56. The van der Waals surface area contributed by atoms with Gasteiger partial charge in [-0.15, -0.1) is 0 Å². The number of para-hydroxylation sites is 2. The number of nitrogens with one attached hydrogen (secondary N) is 3. The fourth-order valence-electron chi connectivity index (χ4n) is 3.32. The third kappa shape index (κ3) is 5.63. The van der Waals surface area contributed by atoms with E-state index in [-0.39, 0.29) is 11.8 Å². The summed E-state index contributed by atoms with van der Waals surface area (Å²) < 4.78 is 5.87. The van der Waals surface area contributed by atoms with Crippen molar-refractivity contribution in [3.05, 3.63) is 113 Å². The van der Waals surface area contributed by atoms with Gasteiger partial charge in [-0.2, -0.15) is 0 Å². The molecule has 0 saturated heterocycles. The number of methoxy groups -OCH3 is 1. The van der Waals surface area contributed by atoms with E-state index >= 15 is 0 Å². The number of anilines is 4. The lowest BCUT2D eigenvalue weighted by Gasteiger charge is -2.13. The lowest BCUT2D eigenvalue weighted by Crippen LogP contribution is -2.18. The molecule has 0 radical (unpaired) electrons. The van der Waals surface area contributed by atoms with Gasteiger partial charge in [0.15, 0.2) is 0 Å². The van der Waals surface area contributed by atoms with Crippen molar-refractivity contribution < 1.29 is 14.3 Å². The van der Waals surface area contributed by atoms with E-state index in [4.69, 9.17) is 4.74 Å². The lowest BCUT2D eigenvalue weighted by molar-refractivity contribution is 0.102. The Labute approximate surface area is 206 Å². The van der Waals surface area contributed by atoms with Crippen molar-refractivity contribution in [3.8, 4) is 5.75 Å². The standard InChI is InChI=1S/C27H22BrN3O3/c1-34-25-16-11-18(17-23(25)28)26(32)31-24-10-6-5-9-22(24)27(33)30-21-14-12-20(13-15-21)29-19-7-3-2-4-8-19/h2-17,29H,1H3,(H,30,33)(H,31,32). The first kappa shape index (κ1) is 23.1. The second-order valence-corrected chi connectivity index (χ2v) is 8.23. The van der Waals surface area contributed by atoms with Gasteiger partial charge >= 0.3 is 0 Å². The first-order valence-corrected chi connectivity index (χ1v) is 11.3. The van der Waals surface area contributed by atoms with Gasteiger partial charge in [-0.05, 0) is 82.7 Å². The molecule has 0 spiro atoms. The van der Waals surface area contributed by atoms with E-state index in [1.165, 1.54) is 0 Å². The van der Waals surface area contributed by atoms with Crippen LogP contribution in [0, 0.1) is 0 Å². The van der Waals surface area contributed by atoms with Crippen molar-refractivity contribution in [1.29, 1.82) is 0 Å². The number of amides is 2. The Kier molecular flexibility index (Phi) is 7.25. The molecule has 4 rings (SSSR count). The highest BCUT2D eigenvalue weighted by molar-refractivity contribution is 9.10. The first-order valence-electron chi connectivity index (χ1n) is 10.5. The predicted octanol–water partition coefficient (Wildman–Crippen LogP) is 6.71. The van der Waals surface area contributed by atoms with Crippen molar-refractivity contribution in [1.82, 2.24) is 0 Å². The zero-order chi connectivity index (χ0) is 23.9. The van der Waals surface area contributed by atoms with Crippen molar-refractivity contribution in [3.63, 3.8) is 0 Å². The average Bonchev–Trinajstić information content (AvgIpc) is 2.86. The maximum atomic E-state index is 13.0. The van der Waals surface area contributed by atoms with Crippen molar-refractivity contribution in [2.75, 3.05) is 23.1 Å². The van der Waals surface area contributed by atoms with Gasteiger partial charge in [0, 0.05) is 22.6 Å². The van der Waals surface area contributed by atoms with E-state index in [0.29, 0.717) is 32.7 Å². The van der Waals surface area contributed by atoms with Crippen LogP contribution in [0.15, 0.2) is 102 Å². The molecule has 0 aliphatic heterocycles. The maximum Gasteiger partial charge on any atom is 0.257 e. The number of halogens is 1. The maximum absolute atomic E-state index is 13.0. The van der Waals surface area contributed by atoms with Crippen molar-refractivity contribution >= 4 is 50.5 Å². The smallest absolute Gasteiger partial charge is 0.257 e. The van der Waals surface area contributed by atoms with Gasteiger partial charge in [0.2, 0.25) is 0 Å². The molecular formula is C27H22BrN3O3. The summed E-state index contributed by atoms with van der Waals surface area (Å²) in [4.78, 5) is 25.7. The molecule has 0 aliphatic carbocycles. The lowest BCUT2D eigenvalue weighted by atomic mass is 10.1. The van der Waals surface area contributed by atoms with Crippen LogP contribution in [-0.2, 0) is 0 Å². The third-order valence-corrected chi connectivity index (χ3v) is 5.66. The van der Waals surface area contributed by atoms with Crippen LogP contribution < -0.4 is 20.7 Å². The van der Waals surface area contributed by atoms with Crippen LogP contribution in [0.2, 0.25) is 0 Å². The molecule has 0 bridgehead atoms. The van der Waals surface area contributed by atoms with Crippen LogP contribution >= 0.6 is 15.9 Å². The Morgan fingerprint density at radius 3 is 2.06 bits per heavy atom. The SMILES string of the molecule is COc1ccc(C(=O)Nc2ccccc2C(=O)Nc2ccc(Nc3ccccc3)cc2)cc1Br. The Morgan fingerprint density at radius 2 is 1.35 bits per heavy atom. The summed E-state index contributed by atoms with van der Waals surface area (Å²) in [6.45, 7) is 0. The molecule has 0 saturated carbocycles. The van der Waals surface area contributed by atoms with Crippen LogP contribution in [0.3, 0.4) is 0 Å². The van der Waals surface area contributed by atoms with Gasteiger partial charge in [0.25, 0.3) is 11.8 Å². The summed E-state index contributed by atoms with van der Waals surface area (Å²) in [5.74, 6) is -0.0307. The number of ether oxygens (including phenoxy) is 1. The van der Waals surface area contributed by atoms with Gasteiger partial charge < -0.3 is 20.7 Å². The number of rotatable bonds is 7. The Bertz CT molecular complexity index is 1310. The van der Waals surface area contributed by atoms with Crippen LogP contribution in [0.1, 0.15) is 20.7 Å². The second kappa shape index (κ2) is 10.7. The summed E-state index contributed by atoms with van der Waals surface area (Å²) >= 11 is 3.39. The molecule has 0 unspecified atom stereocenters. The highest BCUT2D eigenvalue weighted by Gasteiger charge is 2.15. The van der Waals surface area contributed by atoms with E-state index in [1.54, 1.807) is 49.6 Å². The van der Waals surface area contributed by atoms with E-state index in [9.17, 15) is 9.59 Å². The van der Waals surface area contributed by atoms with Gasteiger partial charge in [0.05, 0.1) is 22.8 Å². The van der Waals surface area contributed by atoms with Crippen LogP contribution in [-0.4, -0.2) is 18.9 Å². The van der Waals surface area contributed by atoms with Gasteiger partial charge in [-0.3, -0.25) is 9.59 Å². The number of carbonyl (C=O) groups excluding carboxylic acids is 2. The molecule has 2 amide bonds. The second-order valence-electron chi connectivity index (χ2n) is 7.37. The van der Waals surface area contributed by atoms with E-state index in [0.717, 1.165) is 11.4 Å². The predicted molar refractivity (Wildman–Crippen MR) is 139 cm³/mol. The zero-order valence-corrected chi connectivity index (χ0v) is 19.9. The first-order chi connectivity index (χ1) is 16.5. The summed E-state index contributed by atoms with van der Waals surface area (Å²) in [5.41, 5.74) is 3.73. The monoisotopic (exact) mass is 515 g/mol. The molecule has 4 aromatic carbocycles. The van der Waals surface area contributed by atoms with E-state index < -0.39 is 0 Å². The van der Waals surface area contributed by atoms with Crippen LogP contribution in [0.4, 0.5) is 22.7 Å². The molecule has 6 nitrogen and oxygen atoms in total. The molecule has 0 fully saturated rings. The minimum Gasteiger partial charge on any atom is -0.496 e. The quantitative estimate of drug-likeness (QED) is 0.255. The highest BCUT2D eigenvalue weighted by Crippen LogP contribution is 2.26. The fraction of sp³-hybridized carbons (Fsp3) is 0.0370. The van der Waals surface area contributed by atoms with E-state index in [2.05, 4.69) is 31.9 Å². The Balaban J connectivity index is 1.45. The normalized spacial score (nSPS) is 10.3. The molecule has 7 heteroatoms. The molecule has 0 heterocycles. The molecule has 4 aromatic rings. The molecular weight excluding hydrogens is 494 g/mol. The van der Waals surface area contributed by atoms with Crippen molar-refractivity contribution in [2.24, 2.45) is 0 Å². The largest absolute Gasteiger partial charge is 0.496 e. The number of hydrogen-bond acceptors (Lipinski definition) is 4. The number of hydrogen-bond donors (Lipinski definition) is 3. The van der Waals surface area contributed by atoms with Gasteiger partial charge in [0.1, 0.15) is 5.75 Å². The van der Waals surface area contributed by atoms with Gasteiger partial charge in [-0.25, -0.2) is 0 Å². The summed E-state index contributed by atoms with van der Waals surface area (Å²) in [5, 5.41) is 9.01. The Hall–Kier alpha value is -4.10. The molecule has 0 aliphatic rings. The number of carbonyl (C=O) groups is 2. The molecule has 170 valence electrons. The minimum absolute atomic E-state index is 0.324. The van der Waals surface area contributed by atoms with Gasteiger partial charge in [-0.1, -0.05) is 30.3 Å². The van der Waals surface area contributed by atoms with E-state index in [1.807, 2.05) is 54.6 Å². The topological polar surface area (TPSA) is 79.5 Å². The molecule has 34 heavy (non-hydrogen) atoms. The minimum atomic E-state index is -0.333. The number of benzene rings is 4. The molecule has 0 atom stereocenters. The van der Waals surface area contributed by atoms with Crippen LogP contribution in [0.5, 0.6) is 5.75 Å². The fourth-order valence-corrected chi connectivity index (χ4v) is 3.86. The molecule has 0 aromatic heterocycles.